The van der Waals surface area contributed by atoms with E-state index in [1.54, 1.807) is 12.1 Å². The second kappa shape index (κ2) is 11.2. The zero-order chi connectivity index (χ0) is 23.8. The molecule has 0 spiro atoms. The molecule has 174 valence electrons. The number of aliphatic hydroxyl groups excluding tert-OH is 1. The molecule has 0 unspecified atom stereocenters. The average molecular weight is 450 g/mol. The van der Waals surface area contributed by atoms with E-state index in [0.29, 0.717) is 30.6 Å². The topological polar surface area (TPSA) is 166 Å². The lowest BCUT2D eigenvalue weighted by atomic mass is 10.1. The molecule has 2 rings (SSSR count). The van der Waals surface area contributed by atoms with Crippen LogP contribution in [-0.4, -0.2) is 61.8 Å². The van der Waals surface area contributed by atoms with Gasteiger partial charge < -0.3 is 10.4 Å². The minimum Gasteiger partial charge on any atom is -0.395 e. The van der Waals surface area contributed by atoms with Crippen LogP contribution in [0.3, 0.4) is 0 Å². The van der Waals surface area contributed by atoms with Crippen molar-refractivity contribution in [3.05, 3.63) is 70.9 Å². The Kier molecular flexibility index (Phi) is 8.61. The van der Waals surface area contributed by atoms with Gasteiger partial charge in [0.1, 0.15) is 0 Å². The summed E-state index contributed by atoms with van der Waals surface area (Å²) >= 11 is 0. The van der Waals surface area contributed by atoms with Crippen LogP contribution in [0.25, 0.3) is 0 Å². The van der Waals surface area contributed by atoms with Gasteiger partial charge in [-0.3, -0.25) is 39.1 Å². The molecule has 2 N–H and O–H groups in total. The number of aliphatic hydroxyl groups is 1. The van der Waals surface area contributed by atoms with E-state index < -0.39 is 26.8 Å². The fourth-order valence-corrected chi connectivity index (χ4v) is 3.29. The molecule has 0 aliphatic carbocycles. The van der Waals surface area contributed by atoms with Crippen LogP contribution in [0.4, 0.5) is 17.2 Å². The van der Waals surface area contributed by atoms with Crippen LogP contribution in [0.2, 0.25) is 0 Å². The SMILES string of the molecule is Cn1c(NCCN(CCO)CCCc2ccc([N+](=O)[O-])cc2)c([N+](=O)[O-])c(=O)n(C)c1=O. The highest BCUT2D eigenvalue weighted by molar-refractivity contribution is 5.54. The highest BCUT2D eigenvalue weighted by atomic mass is 16.6. The number of rotatable bonds is 12. The molecule has 1 aromatic carbocycles. The number of nitro benzene ring substituents is 1. The van der Waals surface area contributed by atoms with Crippen molar-refractivity contribution in [3.63, 3.8) is 0 Å². The van der Waals surface area contributed by atoms with Crippen LogP contribution < -0.4 is 16.6 Å². The van der Waals surface area contributed by atoms with Gasteiger partial charge in [0.15, 0.2) is 5.82 Å². The Balaban J connectivity index is 1.98. The summed E-state index contributed by atoms with van der Waals surface area (Å²) in [6.07, 6.45) is 1.41. The van der Waals surface area contributed by atoms with Crippen molar-refractivity contribution in [2.45, 2.75) is 12.8 Å². The van der Waals surface area contributed by atoms with Gasteiger partial charge in [-0.1, -0.05) is 12.1 Å². The summed E-state index contributed by atoms with van der Waals surface area (Å²) < 4.78 is 1.70. The highest BCUT2D eigenvalue weighted by Crippen LogP contribution is 2.16. The molecule has 13 nitrogen and oxygen atoms in total. The van der Waals surface area contributed by atoms with Gasteiger partial charge >= 0.3 is 16.9 Å². The highest BCUT2D eigenvalue weighted by Gasteiger charge is 2.25. The van der Waals surface area contributed by atoms with Crippen molar-refractivity contribution in [1.82, 2.24) is 14.0 Å². The monoisotopic (exact) mass is 450 g/mol. The first-order valence-corrected chi connectivity index (χ1v) is 9.92. The van der Waals surface area contributed by atoms with E-state index in [0.717, 1.165) is 16.6 Å². The number of hydrogen-bond donors (Lipinski definition) is 2. The quantitative estimate of drug-likeness (QED) is 0.340. The lowest BCUT2D eigenvalue weighted by molar-refractivity contribution is -0.386. The van der Waals surface area contributed by atoms with Gasteiger partial charge in [-0.15, -0.1) is 0 Å². The molecule has 0 saturated carbocycles. The Hall–Kier alpha value is -3.58. The van der Waals surface area contributed by atoms with Gasteiger partial charge in [-0.2, -0.15) is 0 Å². The maximum Gasteiger partial charge on any atom is 0.374 e. The molecule has 0 bridgehead atoms. The number of aryl methyl sites for hydroxylation is 1. The Bertz CT molecular complexity index is 1080. The number of nitro groups is 2. The number of nitrogens with one attached hydrogen (secondary N) is 1. The van der Waals surface area contributed by atoms with Crippen LogP contribution in [0.1, 0.15) is 12.0 Å². The van der Waals surface area contributed by atoms with Gasteiger partial charge in [0.25, 0.3) is 5.69 Å². The van der Waals surface area contributed by atoms with Crippen molar-refractivity contribution >= 4 is 17.2 Å². The first kappa shape index (κ1) is 24.7. The molecule has 0 fully saturated rings. The summed E-state index contributed by atoms with van der Waals surface area (Å²) in [5.74, 6) is -0.169. The predicted octanol–water partition coefficient (Wildman–Crippen LogP) is 0.239. The lowest BCUT2D eigenvalue weighted by Gasteiger charge is -2.22. The van der Waals surface area contributed by atoms with E-state index in [2.05, 4.69) is 5.32 Å². The summed E-state index contributed by atoms with van der Waals surface area (Å²) in [6, 6.07) is 6.30. The number of hydrogen-bond acceptors (Lipinski definition) is 9. The maximum absolute atomic E-state index is 12.1. The Morgan fingerprint density at radius 3 is 2.22 bits per heavy atom. The molecule has 32 heavy (non-hydrogen) atoms. The molecule has 2 aromatic rings. The van der Waals surface area contributed by atoms with Crippen LogP contribution in [0.15, 0.2) is 33.9 Å². The summed E-state index contributed by atoms with van der Waals surface area (Å²) in [4.78, 5) is 47.0. The minimum atomic E-state index is -0.990. The van der Waals surface area contributed by atoms with E-state index in [9.17, 15) is 34.9 Å². The largest absolute Gasteiger partial charge is 0.395 e. The van der Waals surface area contributed by atoms with Gasteiger partial charge in [0.2, 0.25) is 0 Å². The third kappa shape index (κ3) is 5.98. The predicted molar refractivity (Wildman–Crippen MR) is 117 cm³/mol. The first-order chi connectivity index (χ1) is 15.2. The van der Waals surface area contributed by atoms with Crippen LogP contribution in [0, 0.1) is 20.2 Å². The fraction of sp³-hybridized carbons (Fsp3) is 0.474. The molecular weight excluding hydrogens is 424 g/mol. The lowest BCUT2D eigenvalue weighted by Crippen LogP contribution is -2.40. The number of nitrogens with zero attached hydrogens (tertiary/aromatic N) is 5. The van der Waals surface area contributed by atoms with Crippen molar-refractivity contribution in [1.29, 1.82) is 0 Å². The van der Waals surface area contributed by atoms with Crippen molar-refractivity contribution < 1.29 is 15.0 Å². The Labute approximate surface area is 182 Å². The third-order valence-corrected chi connectivity index (χ3v) is 5.05. The fourth-order valence-electron chi connectivity index (χ4n) is 3.29. The molecule has 0 radical (unpaired) electrons. The molecule has 0 aliphatic rings. The molecule has 1 aromatic heterocycles. The van der Waals surface area contributed by atoms with Crippen molar-refractivity contribution in [3.8, 4) is 0 Å². The standard InChI is InChI=1S/C19H26N6O7/c1-21-17(16(25(31)32)18(27)22(2)19(21)28)20-9-11-23(12-13-26)10-3-4-14-5-7-15(8-6-14)24(29)30/h5-8,20,26H,3-4,9-13H2,1-2H3. The zero-order valence-corrected chi connectivity index (χ0v) is 17.9. The third-order valence-electron chi connectivity index (χ3n) is 5.05. The summed E-state index contributed by atoms with van der Waals surface area (Å²) in [6.45, 7) is 1.51. The number of benzene rings is 1. The van der Waals surface area contributed by atoms with Crippen LogP contribution >= 0.6 is 0 Å². The molecule has 0 saturated heterocycles. The molecule has 13 heteroatoms. The molecular formula is C19H26N6O7. The number of anilines is 1. The first-order valence-electron chi connectivity index (χ1n) is 9.92. The summed E-state index contributed by atoms with van der Waals surface area (Å²) in [5.41, 5.74) is -1.40. The smallest absolute Gasteiger partial charge is 0.374 e. The van der Waals surface area contributed by atoms with Crippen LogP contribution in [-0.2, 0) is 20.5 Å². The van der Waals surface area contributed by atoms with E-state index in [1.165, 1.54) is 26.2 Å². The summed E-state index contributed by atoms with van der Waals surface area (Å²) in [7, 11) is 2.52. The molecule has 0 amide bonds. The molecule has 1 heterocycles. The normalized spacial score (nSPS) is 11.0. The number of aromatic nitrogens is 2. The molecule has 0 aliphatic heterocycles. The minimum absolute atomic E-state index is 0.0287. The molecule has 0 atom stereocenters. The summed E-state index contributed by atoms with van der Waals surface area (Å²) in [5, 5.41) is 34.2. The van der Waals surface area contributed by atoms with E-state index >= 15 is 0 Å². The van der Waals surface area contributed by atoms with Gasteiger partial charge in [-0.05, 0) is 24.9 Å². The van der Waals surface area contributed by atoms with Crippen LogP contribution in [0.5, 0.6) is 0 Å². The van der Waals surface area contributed by atoms with Gasteiger partial charge in [-0.25, -0.2) is 4.79 Å². The van der Waals surface area contributed by atoms with E-state index in [4.69, 9.17) is 0 Å². The zero-order valence-electron chi connectivity index (χ0n) is 17.9. The maximum atomic E-state index is 12.1. The van der Waals surface area contributed by atoms with E-state index in [-0.39, 0.29) is 24.7 Å². The van der Waals surface area contributed by atoms with Gasteiger partial charge in [0.05, 0.1) is 16.5 Å². The second-order valence-corrected chi connectivity index (χ2v) is 7.18. The van der Waals surface area contributed by atoms with E-state index in [1.807, 2.05) is 4.90 Å². The van der Waals surface area contributed by atoms with Crippen molar-refractivity contribution in [2.24, 2.45) is 14.1 Å². The Morgan fingerprint density at radius 2 is 1.66 bits per heavy atom. The Morgan fingerprint density at radius 1 is 1.00 bits per heavy atom. The van der Waals surface area contributed by atoms with Gasteiger partial charge in [0, 0.05) is 45.9 Å². The van der Waals surface area contributed by atoms with Crippen molar-refractivity contribution in [2.75, 3.05) is 38.1 Å². The second-order valence-electron chi connectivity index (χ2n) is 7.18. The number of non-ortho nitro benzene ring substituents is 1. The average Bonchev–Trinajstić information content (AvgIpc) is 2.75.